The number of primary amides is 1. The lowest BCUT2D eigenvalue weighted by Gasteiger charge is -2.06. The Morgan fingerprint density at radius 2 is 1.65 bits per heavy atom. The Morgan fingerprint density at radius 3 is 2.12 bits per heavy atom. The maximum absolute atomic E-state index is 11.6. The topological polar surface area (TPSA) is 95.7 Å². The zero-order chi connectivity index (χ0) is 12.8. The number of esters is 2. The minimum Gasteiger partial charge on any atom is -0.465 e. The lowest BCUT2D eigenvalue weighted by molar-refractivity contribution is -0.121. The van der Waals surface area contributed by atoms with Gasteiger partial charge in [-0.25, -0.2) is 9.59 Å². The summed E-state index contributed by atoms with van der Waals surface area (Å²) in [6, 6.07) is 5.96. The van der Waals surface area contributed by atoms with Crippen LogP contribution in [0.2, 0.25) is 0 Å². The van der Waals surface area contributed by atoms with E-state index in [0.29, 0.717) is 0 Å². The number of amides is 1. The number of methoxy groups -OCH3 is 1. The first-order chi connectivity index (χ1) is 8.06. The fourth-order valence-corrected chi connectivity index (χ4v) is 1.16. The molecule has 0 radical (unpaired) electrons. The number of carbonyl (C=O) groups is 3. The molecule has 1 aromatic carbocycles. The molecular weight excluding hydrogens is 226 g/mol. The van der Waals surface area contributed by atoms with Crippen LogP contribution < -0.4 is 5.73 Å². The van der Waals surface area contributed by atoms with Crippen LogP contribution in [-0.2, 0) is 14.3 Å². The molecule has 1 rings (SSSR count). The van der Waals surface area contributed by atoms with Gasteiger partial charge in [0, 0.05) is 0 Å². The largest absolute Gasteiger partial charge is 0.465 e. The number of hydrogen-bond donors (Lipinski definition) is 1. The van der Waals surface area contributed by atoms with Crippen molar-refractivity contribution in [3.8, 4) is 0 Å². The summed E-state index contributed by atoms with van der Waals surface area (Å²) in [5.74, 6) is -2.23. The van der Waals surface area contributed by atoms with Crippen molar-refractivity contribution in [2.75, 3.05) is 13.7 Å². The van der Waals surface area contributed by atoms with Crippen LogP contribution >= 0.6 is 0 Å². The van der Waals surface area contributed by atoms with Gasteiger partial charge in [-0.05, 0) is 12.1 Å². The van der Waals surface area contributed by atoms with E-state index in [2.05, 4.69) is 9.47 Å². The van der Waals surface area contributed by atoms with E-state index >= 15 is 0 Å². The number of hydrogen-bond acceptors (Lipinski definition) is 5. The van der Waals surface area contributed by atoms with Gasteiger partial charge in [-0.15, -0.1) is 0 Å². The SMILES string of the molecule is COC(=O)c1ccccc1C(=O)OCC(N)=O. The van der Waals surface area contributed by atoms with Gasteiger partial charge in [0.15, 0.2) is 6.61 Å². The highest BCUT2D eigenvalue weighted by molar-refractivity contribution is 6.03. The van der Waals surface area contributed by atoms with E-state index in [1.807, 2.05) is 0 Å². The Morgan fingerprint density at radius 1 is 1.12 bits per heavy atom. The molecule has 0 aliphatic heterocycles. The Labute approximate surface area is 97.3 Å². The molecule has 0 aromatic heterocycles. The predicted molar refractivity (Wildman–Crippen MR) is 57.3 cm³/mol. The van der Waals surface area contributed by atoms with Crippen molar-refractivity contribution >= 4 is 17.8 Å². The van der Waals surface area contributed by atoms with Gasteiger partial charge in [0.05, 0.1) is 18.2 Å². The van der Waals surface area contributed by atoms with Crippen LogP contribution in [0.1, 0.15) is 20.7 Å². The van der Waals surface area contributed by atoms with E-state index in [0.717, 1.165) is 0 Å². The highest BCUT2D eigenvalue weighted by atomic mass is 16.5. The van der Waals surface area contributed by atoms with Crippen LogP contribution in [-0.4, -0.2) is 31.6 Å². The quantitative estimate of drug-likeness (QED) is 0.750. The minimum atomic E-state index is -0.801. The van der Waals surface area contributed by atoms with E-state index in [4.69, 9.17) is 5.73 Å². The summed E-state index contributed by atoms with van der Waals surface area (Å²) >= 11 is 0. The van der Waals surface area contributed by atoms with Crippen molar-refractivity contribution in [3.63, 3.8) is 0 Å². The molecule has 0 saturated carbocycles. The molecular formula is C11H11NO5. The van der Waals surface area contributed by atoms with Crippen LogP contribution in [0.5, 0.6) is 0 Å². The fraction of sp³-hybridized carbons (Fsp3) is 0.182. The lowest BCUT2D eigenvalue weighted by Crippen LogP contribution is -2.22. The standard InChI is InChI=1S/C11H11NO5/c1-16-10(14)7-4-2-3-5-8(7)11(15)17-6-9(12)13/h2-5H,6H2,1H3,(H2,12,13). The summed E-state index contributed by atoms with van der Waals surface area (Å²) in [6.45, 7) is -0.533. The number of ether oxygens (including phenoxy) is 2. The molecule has 90 valence electrons. The van der Waals surface area contributed by atoms with Crippen LogP contribution in [0.4, 0.5) is 0 Å². The number of carbonyl (C=O) groups excluding carboxylic acids is 3. The Balaban J connectivity index is 2.93. The van der Waals surface area contributed by atoms with Crippen molar-refractivity contribution in [3.05, 3.63) is 35.4 Å². The van der Waals surface area contributed by atoms with Crippen LogP contribution in [0.15, 0.2) is 24.3 Å². The molecule has 1 aromatic rings. The smallest absolute Gasteiger partial charge is 0.339 e. The van der Waals surface area contributed by atoms with Crippen molar-refractivity contribution in [1.29, 1.82) is 0 Å². The van der Waals surface area contributed by atoms with Gasteiger partial charge in [0.1, 0.15) is 0 Å². The minimum absolute atomic E-state index is 0.0283. The van der Waals surface area contributed by atoms with E-state index in [-0.39, 0.29) is 11.1 Å². The molecule has 0 heterocycles. The number of rotatable bonds is 4. The Kier molecular flexibility index (Phi) is 4.21. The first-order valence-corrected chi connectivity index (χ1v) is 4.69. The molecule has 0 saturated heterocycles. The average molecular weight is 237 g/mol. The summed E-state index contributed by atoms with van der Waals surface area (Å²) in [7, 11) is 1.20. The molecule has 0 unspecified atom stereocenters. The van der Waals surface area contributed by atoms with Crippen molar-refractivity contribution in [2.24, 2.45) is 5.73 Å². The molecule has 0 aliphatic rings. The molecule has 0 bridgehead atoms. The third kappa shape index (κ3) is 3.30. The van der Waals surface area contributed by atoms with Crippen molar-refractivity contribution < 1.29 is 23.9 Å². The molecule has 0 spiro atoms. The van der Waals surface area contributed by atoms with Crippen molar-refractivity contribution in [1.82, 2.24) is 0 Å². The Hall–Kier alpha value is -2.37. The summed E-state index contributed by atoms with van der Waals surface area (Å²) in [6.07, 6.45) is 0. The Bertz CT molecular complexity index is 455. The predicted octanol–water partition coefficient (Wildman–Crippen LogP) is 0.115. The molecule has 0 fully saturated rings. The average Bonchev–Trinajstić information content (AvgIpc) is 2.34. The molecule has 2 N–H and O–H groups in total. The molecule has 1 amide bonds. The van der Waals surface area contributed by atoms with Crippen molar-refractivity contribution in [2.45, 2.75) is 0 Å². The van der Waals surface area contributed by atoms with Gasteiger partial charge in [-0.1, -0.05) is 12.1 Å². The number of nitrogens with two attached hydrogens (primary N) is 1. The first-order valence-electron chi connectivity index (χ1n) is 4.69. The normalized spacial score (nSPS) is 9.47. The fourth-order valence-electron chi connectivity index (χ4n) is 1.16. The maximum atomic E-state index is 11.6. The van der Waals surface area contributed by atoms with Gasteiger partial charge in [-0.2, -0.15) is 0 Å². The van der Waals surface area contributed by atoms with Crippen LogP contribution in [0.25, 0.3) is 0 Å². The maximum Gasteiger partial charge on any atom is 0.339 e. The third-order valence-corrected chi connectivity index (χ3v) is 1.90. The monoisotopic (exact) mass is 237 g/mol. The molecule has 0 atom stereocenters. The van der Waals surface area contributed by atoms with Gasteiger partial charge < -0.3 is 15.2 Å². The van der Waals surface area contributed by atoms with E-state index in [9.17, 15) is 14.4 Å². The second-order valence-electron chi connectivity index (χ2n) is 3.08. The second kappa shape index (κ2) is 5.64. The second-order valence-corrected chi connectivity index (χ2v) is 3.08. The molecule has 6 nitrogen and oxygen atoms in total. The zero-order valence-corrected chi connectivity index (χ0v) is 9.14. The molecule has 0 aliphatic carbocycles. The summed E-state index contributed by atoms with van der Waals surface area (Å²) in [5.41, 5.74) is 4.94. The van der Waals surface area contributed by atoms with Gasteiger partial charge in [-0.3, -0.25) is 4.79 Å². The van der Waals surface area contributed by atoms with E-state index < -0.39 is 24.5 Å². The zero-order valence-electron chi connectivity index (χ0n) is 9.14. The summed E-state index contributed by atoms with van der Waals surface area (Å²) < 4.78 is 9.12. The summed E-state index contributed by atoms with van der Waals surface area (Å²) in [5, 5.41) is 0. The van der Waals surface area contributed by atoms with Gasteiger partial charge >= 0.3 is 11.9 Å². The van der Waals surface area contributed by atoms with Gasteiger partial charge in [0.25, 0.3) is 5.91 Å². The molecule has 17 heavy (non-hydrogen) atoms. The molecule has 6 heteroatoms. The summed E-state index contributed by atoms with van der Waals surface area (Å²) in [4.78, 5) is 33.4. The number of benzene rings is 1. The van der Waals surface area contributed by atoms with Gasteiger partial charge in [0.2, 0.25) is 0 Å². The highest BCUT2D eigenvalue weighted by Crippen LogP contribution is 2.11. The lowest BCUT2D eigenvalue weighted by atomic mass is 10.1. The third-order valence-electron chi connectivity index (χ3n) is 1.90. The van der Waals surface area contributed by atoms with E-state index in [1.165, 1.54) is 19.2 Å². The highest BCUT2D eigenvalue weighted by Gasteiger charge is 2.18. The van der Waals surface area contributed by atoms with Crippen LogP contribution in [0, 0.1) is 0 Å². The van der Waals surface area contributed by atoms with E-state index in [1.54, 1.807) is 12.1 Å². The van der Waals surface area contributed by atoms with Crippen LogP contribution in [0.3, 0.4) is 0 Å². The first kappa shape index (κ1) is 12.7.